The third-order valence-corrected chi connectivity index (χ3v) is 4.41. The zero-order chi connectivity index (χ0) is 13.9. The molecule has 1 saturated heterocycles. The summed E-state index contributed by atoms with van der Waals surface area (Å²) in [7, 11) is 0. The van der Waals surface area contributed by atoms with Crippen LogP contribution in [0, 0.1) is 0 Å². The van der Waals surface area contributed by atoms with Gasteiger partial charge in [-0.15, -0.1) is 11.8 Å². The largest absolute Gasteiger partial charge is 0.416 e. The second kappa shape index (κ2) is 6.15. The van der Waals surface area contributed by atoms with E-state index >= 15 is 0 Å². The van der Waals surface area contributed by atoms with Crippen molar-refractivity contribution in [1.82, 2.24) is 0 Å². The van der Waals surface area contributed by atoms with Crippen molar-refractivity contribution in [2.24, 2.45) is 5.73 Å². The van der Waals surface area contributed by atoms with E-state index in [0.717, 1.165) is 12.8 Å². The lowest BCUT2D eigenvalue weighted by Gasteiger charge is -2.22. The molecular formula is C13H16F3NOS. The molecule has 0 aromatic heterocycles. The van der Waals surface area contributed by atoms with Crippen LogP contribution in [0.4, 0.5) is 13.2 Å². The molecule has 1 aromatic carbocycles. The van der Waals surface area contributed by atoms with Crippen LogP contribution in [0.3, 0.4) is 0 Å². The number of thioether (sulfide) groups is 1. The zero-order valence-corrected chi connectivity index (χ0v) is 11.2. The van der Waals surface area contributed by atoms with Gasteiger partial charge >= 0.3 is 6.18 Å². The molecule has 1 fully saturated rings. The molecule has 0 radical (unpaired) electrons. The number of alkyl halides is 3. The van der Waals surface area contributed by atoms with E-state index in [1.807, 2.05) is 0 Å². The van der Waals surface area contributed by atoms with Crippen molar-refractivity contribution in [3.8, 4) is 0 Å². The van der Waals surface area contributed by atoms with Gasteiger partial charge in [0.25, 0.3) is 0 Å². The molecule has 1 heterocycles. The van der Waals surface area contributed by atoms with Gasteiger partial charge in [0.1, 0.15) is 0 Å². The van der Waals surface area contributed by atoms with E-state index in [-0.39, 0.29) is 12.1 Å². The Morgan fingerprint density at radius 1 is 1.26 bits per heavy atom. The maximum Gasteiger partial charge on any atom is 0.416 e. The fourth-order valence-corrected chi connectivity index (χ4v) is 3.20. The second-order valence-electron chi connectivity index (χ2n) is 4.45. The van der Waals surface area contributed by atoms with Crippen LogP contribution in [0.2, 0.25) is 0 Å². The predicted octanol–water partition coefficient (Wildman–Crippen LogP) is 3.44. The first-order chi connectivity index (χ1) is 9.00. The summed E-state index contributed by atoms with van der Waals surface area (Å²) in [5, 5.41) is 0.332. The normalized spacial score (nSPS) is 17.7. The Kier molecular flexibility index (Phi) is 4.76. The molecule has 2 rings (SSSR count). The highest BCUT2D eigenvalue weighted by Gasteiger charge is 2.33. The van der Waals surface area contributed by atoms with Crippen molar-refractivity contribution in [3.63, 3.8) is 0 Å². The molecule has 106 valence electrons. The van der Waals surface area contributed by atoms with Gasteiger partial charge in [0.15, 0.2) is 0 Å². The predicted molar refractivity (Wildman–Crippen MR) is 69.0 cm³/mol. The monoisotopic (exact) mass is 291 g/mol. The quantitative estimate of drug-likeness (QED) is 0.926. The number of halogens is 3. The summed E-state index contributed by atoms with van der Waals surface area (Å²) in [5.41, 5.74) is 4.88. The van der Waals surface area contributed by atoms with Gasteiger partial charge in [-0.2, -0.15) is 13.2 Å². The average Bonchev–Trinajstić information content (AvgIpc) is 2.39. The number of hydrogen-bond donors (Lipinski definition) is 1. The Balaban J connectivity index is 2.17. The van der Waals surface area contributed by atoms with Crippen molar-refractivity contribution in [3.05, 3.63) is 29.3 Å². The number of rotatable bonds is 3. The molecule has 19 heavy (non-hydrogen) atoms. The molecule has 2 nitrogen and oxygen atoms in total. The molecular weight excluding hydrogens is 275 g/mol. The molecule has 0 saturated carbocycles. The van der Waals surface area contributed by atoms with Crippen LogP contribution in [-0.4, -0.2) is 18.5 Å². The van der Waals surface area contributed by atoms with Crippen LogP contribution in [-0.2, 0) is 17.5 Å². The molecule has 0 bridgehead atoms. The van der Waals surface area contributed by atoms with Gasteiger partial charge < -0.3 is 10.5 Å². The van der Waals surface area contributed by atoms with Gasteiger partial charge in [0.05, 0.1) is 5.56 Å². The minimum Gasteiger partial charge on any atom is -0.381 e. The number of nitrogens with two attached hydrogens (primary N) is 1. The third-order valence-electron chi connectivity index (χ3n) is 3.08. The highest BCUT2D eigenvalue weighted by atomic mass is 32.2. The van der Waals surface area contributed by atoms with E-state index in [1.165, 1.54) is 23.9 Å². The maximum absolute atomic E-state index is 12.9. The summed E-state index contributed by atoms with van der Waals surface area (Å²) in [4.78, 5) is 0.649. The molecule has 0 atom stereocenters. The van der Waals surface area contributed by atoms with Crippen molar-refractivity contribution >= 4 is 11.8 Å². The Morgan fingerprint density at radius 2 is 1.95 bits per heavy atom. The van der Waals surface area contributed by atoms with E-state index in [2.05, 4.69) is 0 Å². The smallest absolute Gasteiger partial charge is 0.381 e. The number of ether oxygens (including phenoxy) is 1. The summed E-state index contributed by atoms with van der Waals surface area (Å²) >= 11 is 1.49. The van der Waals surface area contributed by atoms with Gasteiger partial charge in [-0.05, 0) is 30.5 Å². The third kappa shape index (κ3) is 3.87. The van der Waals surface area contributed by atoms with E-state index in [0.29, 0.717) is 23.4 Å². The standard InChI is InChI=1S/C13H16F3NOS/c14-13(15,16)12-7-11(2-1-9(12)8-17)19-10-3-5-18-6-4-10/h1-2,7,10H,3-6,8,17H2. The van der Waals surface area contributed by atoms with E-state index in [9.17, 15) is 13.2 Å². The molecule has 0 amide bonds. The summed E-state index contributed by atoms with van der Waals surface area (Å²) in [6, 6.07) is 4.41. The summed E-state index contributed by atoms with van der Waals surface area (Å²) < 4.78 is 44.0. The van der Waals surface area contributed by atoms with Crippen molar-refractivity contribution < 1.29 is 17.9 Å². The number of benzene rings is 1. The van der Waals surface area contributed by atoms with Crippen molar-refractivity contribution in [2.75, 3.05) is 13.2 Å². The van der Waals surface area contributed by atoms with Gasteiger partial charge in [-0.1, -0.05) is 6.07 Å². The SMILES string of the molecule is NCc1ccc(SC2CCOCC2)cc1C(F)(F)F. The molecule has 0 unspecified atom stereocenters. The summed E-state index contributed by atoms with van der Waals surface area (Å²) in [5.74, 6) is 0. The van der Waals surface area contributed by atoms with Crippen LogP contribution in [0.5, 0.6) is 0 Å². The van der Waals surface area contributed by atoms with Gasteiger partial charge in [-0.25, -0.2) is 0 Å². The topological polar surface area (TPSA) is 35.2 Å². The minimum atomic E-state index is -4.35. The molecule has 6 heteroatoms. The van der Waals surface area contributed by atoms with Crippen LogP contribution < -0.4 is 5.73 Å². The highest BCUT2D eigenvalue weighted by molar-refractivity contribution is 8.00. The molecule has 2 N–H and O–H groups in total. The average molecular weight is 291 g/mol. The van der Waals surface area contributed by atoms with Gasteiger partial charge in [0, 0.05) is 29.9 Å². The fraction of sp³-hybridized carbons (Fsp3) is 0.538. The highest BCUT2D eigenvalue weighted by Crippen LogP contribution is 2.37. The maximum atomic E-state index is 12.9. The Hall–Kier alpha value is -0.720. The first-order valence-corrected chi connectivity index (χ1v) is 7.03. The lowest BCUT2D eigenvalue weighted by molar-refractivity contribution is -0.138. The lowest BCUT2D eigenvalue weighted by Crippen LogP contribution is -2.17. The van der Waals surface area contributed by atoms with Gasteiger partial charge in [0.2, 0.25) is 0 Å². The Labute approximate surface area is 114 Å². The molecule has 0 spiro atoms. The Morgan fingerprint density at radius 3 is 2.53 bits per heavy atom. The first-order valence-electron chi connectivity index (χ1n) is 6.15. The fourth-order valence-electron chi connectivity index (χ4n) is 2.06. The zero-order valence-electron chi connectivity index (χ0n) is 10.4. The van der Waals surface area contributed by atoms with Crippen LogP contribution in [0.25, 0.3) is 0 Å². The second-order valence-corrected chi connectivity index (χ2v) is 5.82. The lowest BCUT2D eigenvalue weighted by atomic mass is 10.1. The first kappa shape index (κ1) is 14.7. The molecule has 0 aliphatic carbocycles. The van der Waals surface area contributed by atoms with E-state index in [4.69, 9.17) is 10.5 Å². The summed E-state index contributed by atoms with van der Waals surface area (Å²) in [6.07, 6.45) is -2.59. The van der Waals surface area contributed by atoms with Crippen molar-refractivity contribution in [2.45, 2.75) is 35.7 Å². The van der Waals surface area contributed by atoms with Crippen LogP contribution in [0.1, 0.15) is 24.0 Å². The minimum absolute atomic E-state index is 0.100. The Bertz CT molecular complexity index is 430. The molecule has 1 aliphatic rings. The molecule has 1 aromatic rings. The molecule has 1 aliphatic heterocycles. The summed E-state index contributed by atoms with van der Waals surface area (Å²) in [6.45, 7) is 1.27. The van der Waals surface area contributed by atoms with Crippen LogP contribution >= 0.6 is 11.8 Å². The van der Waals surface area contributed by atoms with Crippen LogP contribution in [0.15, 0.2) is 23.1 Å². The number of hydrogen-bond acceptors (Lipinski definition) is 3. The van der Waals surface area contributed by atoms with Crippen molar-refractivity contribution in [1.29, 1.82) is 0 Å². The van der Waals surface area contributed by atoms with E-state index < -0.39 is 11.7 Å². The van der Waals surface area contributed by atoms with E-state index in [1.54, 1.807) is 6.07 Å². The van der Waals surface area contributed by atoms with Gasteiger partial charge in [-0.3, -0.25) is 0 Å².